The molecule has 0 bridgehead atoms. The molecule has 0 aliphatic heterocycles. The van der Waals surface area contributed by atoms with Gasteiger partial charge in [0.05, 0.1) is 13.2 Å². The Kier molecular flexibility index (Phi) is 4.27. The molecule has 0 amide bonds. The van der Waals surface area contributed by atoms with Crippen LogP contribution in [0.3, 0.4) is 0 Å². The number of halogens is 2. The predicted octanol–water partition coefficient (Wildman–Crippen LogP) is 4.16. The van der Waals surface area contributed by atoms with E-state index in [0.717, 1.165) is 21.3 Å². The SMILES string of the molecule is COc1ccccc1C(N)c1cc(Cl)ccc1Br. The van der Waals surface area contributed by atoms with Crippen LogP contribution < -0.4 is 10.5 Å². The second-order valence-electron chi connectivity index (χ2n) is 3.89. The maximum Gasteiger partial charge on any atom is 0.123 e. The lowest BCUT2D eigenvalue weighted by Gasteiger charge is -2.17. The van der Waals surface area contributed by atoms with Gasteiger partial charge < -0.3 is 10.5 Å². The largest absolute Gasteiger partial charge is 0.496 e. The lowest BCUT2D eigenvalue weighted by Crippen LogP contribution is -2.13. The maximum atomic E-state index is 6.29. The molecule has 94 valence electrons. The van der Waals surface area contributed by atoms with E-state index in [1.165, 1.54) is 0 Å². The quantitative estimate of drug-likeness (QED) is 0.919. The van der Waals surface area contributed by atoms with Crippen LogP contribution in [0.4, 0.5) is 0 Å². The number of para-hydroxylation sites is 1. The number of hydrogen-bond donors (Lipinski definition) is 1. The Morgan fingerprint density at radius 3 is 2.61 bits per heavy atom. The van der Waals surface area contributed by atoms with E-state index >= 15 is 0 Å². The zero-order chi connectivity index (χ0) is 13.1. The molecule has 0 saturated carbocycles. The van der Waals surface area contributed by atoms with Crippen LogP contribution in [-0.4, -0.2) is 7.11 Å². The molecule has 2 rings (SSSR count). The fourth-order valence-corrected chi connectivity index (χ4v) is 2.52. The van der Waals surface area contributed by atoms with Gasteiger partial charge in [-0.2, -0.15) is 0 Å². The summed E-state index contributed by atoms with van der Waals surface area (Å²) in [6.07, 6.45) is 0. The molecular weight excluding hydrogens is 314 g/mol. The average molecular weight is 327 g/mol. The second kappa shape index (κ2) is 5.74. The standard InChI is InChI=1S/C14H13BrClNO/c1-18-13-5-3-2-4-10(13)14(17)11-8-9(16)6-7-12(11)15/h2-8,14H,17H2,1H3. The number of rotatable bonds is 3. The van der Waals surface area contributed by atoms with Crippen molar-refractivity contribution in [3.8, 4) is 5.75 Å². The Labute approximate surface area is 120 Å². The molecule has 2 aromatic carbocycles. The van der Waals surface area contributed by atoms with Gasteiger partial charge in [0.1, 0.15) is 5.75 Å². The molecule has 0 radical (unpaired) electrons. The van der Waals surface area contributed by atoms with Gasteiger partial charge in [-0.05, 0) is 29.8 Å². The van der Waals surface area contributed by atoms with Crippen molar-refractivity contribution in [2.75, 3.05) is 7.11 Å². The van der Waals surface area contributed by atoms with Crippen molar-refractivity contribution in [3.05, 3.63) is 63.1 Å². The molecule has 0 saturated heterocycles. The van der Waals surface area contributed by atoms with Crippen molar-refractivity contribution >= 4 is 27.5 Å². The first-order chi connectivity index (χ1) is 8.63. The maximum absolute atomic E-state index is 6.29. The van der Waals surface area contributed by atoms with Crippen LogP contribution in [0, 0.1) is 0 Å². The van der Waals surface area contributed by atoms with E-state index < -0.39 is 0 Å². The molecule has 1 atom stereocenters. The fraction of sp³-hybridized carbons (Fsp3) is 0.143. The lowest BCUT2D eigenvalue weighted by molar-refractivity contribution is 0.408. The van der Waals surface area contributed by atoms with Crippen molar-refractivity contribution in [3.63, 3.8) is 0 Å². The van der Waals surface area contributed by atoms with Gasteiger partial charge in [0.25, 0.3) is 0 Å². The van der Waals surface area contributed by atoms with Crippen molar-refractivity contribution in [1.29, 1.82) is 0 Å². The summed E-state index contributed by atoms with van der Waals surface area (Å²) >= 11 is 9.51. The molecule has 1 unspecified atom stereocenters. The first-order valence-corrected chi connectivity index (χ1v) is 6.64. The monoisotopic (exact) mass is 325 g/mol. The van der Waals surface area contributed by atoms with Crippen LogP contribution in [0.5, 0.6) is 5.75 Å². The number of nitrogens with two attached hydrogens (primary N) is 1. The minimum Gasteiger partial charge on any atom is -0.496 e. The molecule has 0 aromatic heterocycles. The molecule has 0 spiro atoms. The van der Waals surface area contributed by atoms with Crippen LogP contribution in [-0.2, 0) is 0 Å². The molecule has 18 heavy (non-hydrogen) atoms. The van der Waals surface area contributed by atoms with E-state index in [1.54, 1.807) is 7.11 Å². The van der Waals surface area contributed by atoms with E-state index in [4.69, 9.17) is 22.1 Å². The highest BCUT2D eigenvalue weighted by Crippen LogP contribution is 2.33. The van der Waals surface area contributed by atoms with Crippen LogP contribution in [0.25, 0.3) is 0 Å². The predicted molar refractivity (Wildman–Crippen MR) is 78.2 cm³/mol. The summed E-state index contributed by atoms with van der Waals surface area (Å²) < 4.78 is 6.27. The van der Waals surface area contributed by atoms with Crippen LogP contribution >= 0.6 is 27.5 Å². The summed E-state index contributed by atoms with van der Waals surface area (Å²) in [5, 5.41) is 0.665. The number of hydrogen-bond acceptors (Lipinski definition) is 2. The molecule has 0 aliphatic rings. The summed E-state index contributed by atoms with van der Waals surface area (Å²) in [5.41, 5.74) is 8.16. The second-order valence-corrected chi connectivity index (χ2v) is 5.18. The van der Waals surface area contributed by atoms with Crippen molar-refractivity contribution in [1.82, 2.24) is 0 Å². The highest BCUT2D eigenvalue weighted by Gasteiger charge is 2.16. The van der Waals surface area contributed by atoms with Gasteiger partial charge in [0.2, 0.25) is 0 Å². The Morgan fingerprint density at radius 2 is 1.89 bits per heavy atom. The molecule has 0 heterocycles. The summed E-state index contributed by atoms with van der Waals surface area (Å²) in [5.74, 6) is 0.775. The lowest BCUT2D eigenvalue weighted by atomic mass is 9.99. The first kappa shape index (κ1) is 13.4. The third-order valence-electron chi connectivity index (χ3n) is 2.77. The fourth-order valence-electron chi connectivity index (χ4n) is 1.84. The molecule has 4 heteroatoms. The molecule has 2 N–H and O–H groups in total. The van der Waals surface area contributed by atoms with Crippen LogP contribution in [0.15, 0.2) is 46.9 Å². The Morgan fingerprint density at radius 1 is 1.17 bits per heavy atom. The van der Waals surface area contributed by atoms with Crippen LogP contribution in [0.1, 0.15) is 17.2 Å². The summed E-state index contributed by atoms with van der Waals surface area (Å²) in [6.45, 7) is 0. The minimum absolute atomic E-state index is 0.283. The van der Waals surface area contributed by atoms with Crippen molar-refractivity contribution in [2.45, 2.75) is 6.04 Å². The van der Waals surface area contributed by atoms with E-state index in [0.29, 0.717) is 5.02 Å². The molecule has 0 aliphatic carbocycles. The van der Waals surface area contributed by atoms with Gasteiger partial charge in [0, 0.05) is 15.1 Å². The number of methoxy groups -OCH3 is 1. The van der Waals surface area contributed by atoms with E-state index in [2.05, 4.69) is 15.9 Å². The first-order valence-electron chi connectivity index (χ1n) is 5.47. The van der Waals surface area contributed by atoms with Crippen LogP contribution in [0.2, 0.25) is 5.02 Å². The topological polar surface area (TPSA) is 35.2 Å². The Hall–Kier alpha value is -1.03. The normalized spacial score (nSPS) is 12.2. The minimum atomic E-state index is -0.283. The van der Waals surface area contributed by atoms with Gasteiger partial charge in [-0.3, -0.25) is 0 Å². The molecular formula is C14H13BrClNO. The Bertz CT molecular complexity index is 559. The van der Waals surface area contributed by atoms with Gasteiger partial charge >= 0.3 is 0 Å². The summed E-state index contributed by atoms with van der Waals surface area (Å²) in [4.78, 5) is 0. The number of benzene rings is 2. The highest BCUT2D eigenvalue weighted by molar-refractivity contribution is 9.10. The number of ether oxygens (including phenoxy) is 1. The van der Waals surface area contributed by atoms with Gasteiger partial charge in [0.15, 0.2) is 0 Å². The van der Waals surface area contributed by atoms with E-state index in [9.17, 15) is 0 Å². The third-order valence-corrected chi connectivity index (χ3v) is 3.72. The molecule has 2 nitrogen and oxygen atoms in total. The van der Waals surface area contributed by atoms with Gasteiger partial charge in [-0.25, -0.2) is 0 Å². The third kappa shape index (κ3) is 2.69. The van der Waals surface area contributed by atoms with E-state index in [-0.39, 0.29) is 6.04 Å². The van der Waals surface area contributed by atoms with E-state index in [1.807, 2.05) is 42.5 Å². The zero-order valence-electron chi connectivity index (χ0n) is 9.86. The smallest absolute Gasteiger partial charge is 0.123 e. The Balaban J connectivity index is 2.47. The van der Waals surface area contributed by atoms with Crippen molar-refractivity contribution < 1.29 is 4.74 Å². The van der Waals surface area contributed by atoms with Gasteiger partial charge in [-0.15, -0.1) is 0 Å². The van der Waals surface area contributed by atoms with Gasteiger partial charge in [-0.1, -0.05) is 45.7 Å². The highest BCUT2D eigenvalue weighted by atomic mass is 79.9. The van der Waals surface area contributed by atoms with Crippen molar-refractivity contribution in [2.24, 2.45) is 5.73 Å². The summed E-state index contributed by atoms with van der Waals surface area (Å²) in [7, 11) is 1.64. The molecule has 2 aromatic rings. The average Bonchev–Trinajstić information content (AvgIpc) is 2.40. The molecule has 0 fully saturated rings. The zero-order valence-corrected chi connectivity index (χ0v) is 12.2. The summed E-state index contributed by atoms with van der Waals surface area (Å²) in [6, 6.07) is 13.0.